The number of carboxylic acids is 1. The van der Waals surface area contributed by atoms with E-state index in [-0.39, 0.29) is 13.0 Å². The smallest absolute Gasteiger partial charge is 0.326 e. The standard InChI is InChI=1S/C21H30N4O6/c1-12(22)18(27)24-17(13(2)26)20(29)25-10-6-9-16(25)19(28)23-15(21(30)31)11-14-7-4-3-5-8-14/h3-5,7-8,12-13,15-17,26H,6,9-11,22H2,1-2H3,(H,23,28)(H,24,27)(H,30,31)/t12-,13+,15-,16-,17-/m0/s1. The molecule has 1 heterocycles. The molecule has 0 spiro atoms. The number of aliphatic hydroxyl groups is 1. The second kappa shape index (κ2) is 10.9. The van der Waals surface area contributed by atoms with E-state index >= 15 is 0 Å². The molecule has 0 aromatic heterocycles. The molecule has 1 aromatic carbocycles. The van der Waals surface area contributed by atoms with Crippen LogP contribution in [0.2, 0.25) is 0 Å². The van der Waals surface area contributed by atoms with Crippen LogP contribution < -0.4 is 16.4 Å². The lowest BCUT2D eigenvalue weighted by Gasteiger charge is -2.30. The summed E-state index contributed by atoms with van der Waals surface area (Å²) in [6.45, 7) is 3.06. The zero-order valence-corrected chi connectivity index (χ0v) is 17.7. The van der Waals surface area contributed by atoms with Crippen LogP contribution in [0.3, 0.4) is 0 Å². The monoisotopic (exact) mass is 434 g/mol. The molecule has 2 rings (SSSR count). The summed E-state index contributed by atoms with van der Waals surface area (Å²) in [6.07, 6.45) is -0.218. The van der Waals surface area contributed by atoms with Crippen LogP contribution in [0.4, 0.5) is 0 Å². The van der Waals surface area contributed by atoms with Gasteiger partial charge in [0.05, 0.1) is 12.1 Å². The van der Waals surface area contributed by atoms with Crippen molar-refractivity contribution in [1.29, 1.82) is 0 Å². The maximum Gasteiger partial charge on any atom is 0.326 e. The molecule has 0 radical (unpaired) electrons. The molecule has 10 heteroatoms. The molecule has 1 aliphatic heterocycles. The molecule has 170 valence electrons. The van der Waals surface area contributed by atoms with Gasteiger partial charge in [-0.3, -0.25) is 14.4 Å². The number of benzene rings is 1. The summed E-state index contributed by atoms with van der Waals surface area (Å²) >= 11 is 0. The number of rotatable bonds is 9. The predicted octanol–water partition coefficient (Wildman–Crippen LogP) is -0.998. The van der Waals surface area contributed by atoms with Gasteiger partial charge in [0.1, 0.15) is 18.1 Å². The van der Waals surface area contributed by atoms with Crippen molar-refractivity contribution >= 4 is 23.7 Å². The van der Waals surface area contributed by atoms with Crippen molar-refractivity contribution < 1.29 is 29.4 Å². The maximum atomic E-state index is 13.0. The van der Waals surface area contributed by atoms with E-state index < -0.39 is 54.0 Å². The Morgan fingerprint density at radius 1 is 1.16 bits per heavy atom. The molecule has 31 heavy (non-hydrogen) atoms. The highest BCUT2D eigenvalue weighted by Crippen LogP contribution is 2.20. The molecule has 5 atom stereocenters. The highest BCUT2D eigenvalue weighted by molar-refractivity contribution is 5.94. The Balaban J connectivity index is 2.11. The normalized spacial score (nSPS) is 19.7. The number of nitrogens with two attached hydrogens (primary N) is 1. The van der Waals surface area contributed by atoms with Crippen LogP contribution in [0.15, 0.2) is 30.3 Å². The van der Waals surface area contributed by atoms with Crippen molar-refractivity contribution in [1.82, 2.24) is 15.5 Å². The van der Waals surface area contributed by atoms with Gasteiger partial charge in [-0.2, -0.15) is 0 Å². The van der Waals surface area contributed by atoms with Crippen molar-refractivity contribution in [2.24, 2.45) is 5.73 Å². The zero-order valence-electron chi connectivity index (χ0n) is 17.7. The molecular weight excluding hydrogens is 404 g/mol. The lowest BCUT2D eigenvalue weighted by Crippen LogP contribution is -2.59. The number of nitrogens with zero attached hydrogens (tertiary/aromatic N) is 1. The van der Waals surface area contributed by atoms with E-state index in [4.69, 9.17) is 5.73 Å². The lowest BCUT2D eigenvalue weighted by molar-refractivity contribution is -0.146. The average Bonchev–Trinajstić information content (AvgIpc) is 3.21. The molecule has 0 saturated carbocycles. The fourth-order valence-corrected chi connectivity index (χ4v) is 3.47. The van der Waals surface area contributed by atoms with Crippen LogP contribution in [0.1, 0.15) is 32.3 Å². The van der Waals surface area contributed by atoms with E-state index in [0.29, 0.717) is 12.8 Å². The predicted molar refractivity (Wildman–Crippen MR) is 112 cm³/mol. The van der Waals surface area contributed by atoms with Crippen molar-refractivity contribution in [2.75, 3.05) is 6.54 Å². The number of hydrogen-bond donors (Lipinski definition) is 5. The molecule has 0 bridgehead atoms. The summed E-state index contributed by atoms with van der Waals surface area (Å²) in [5.41, 5.74) is 6.27. The number of nitrogens with one attached hydrogen (secondary N) is 2. The van der Waals surface area contributed by atoms with Crippen LogP contribution in [-0.4, -0.2) is 75.6 Å². The van der Waals surface area contributed by atoms with Crippen LogP contribution in [0, 0.1) is 0 Å². The first-order valence-electron chi connectivity index (χ1n) is 10.2. The molecule has 10 nitrogen and oxygen atoms in total. The minimum absolute atomic E-state index is 0.101. The Hall–Kier alpha value is -2.98. The number of amides is 3. The van der Waals surface area contributed by atoms with Crippen molar-refractivity contribution in [3.63, 3.8) is 0 Å². The summed E-state index contributed by atoms with van der Waals surface area (Å²) in [7, 11) is 0. The first-order valence-corrected chi connectivity index (χ1v) is 10.2. The van der Waals surface area contributed by atoms with Gasteiger partial charge in [-0.05, 0) is 32.3 Å². The van der Waals surface area contributed by atoms with Crippen LogP contribution in [-0.2, 0) is 25.6 Å². The quantitative estimate of drug-likeness (QED) is 0.333. The summed E-state index contributed by atoms with van der Waals surface area (Å²) in [5, 5.41) is 24.5. The van der Waals surface area contributed by atoms with E-state index in [0.717, 1.165) is 5.56 Å². The Morgan fingerprint density at radius 2 is 1.81 bits per heavy atom. The van der Waals surface area contributed by atoms with Gasteiger partial charge in [-0.15, -0.1) is 0 Å². The Morgan fingerprint density at radius 3 is 2.35 bits per heavy atom. The van der Waals surface area contributed by atoms with Crippen molar-refractivity contribution in [3.8, 4) is 0 Å². The number of carboxylic acid groups (broad SMARTS) is 1. The van der Waals surface area contributed by atoms with Gasteiger partial charge >= 0.3 is 5.97 Å². The molecular formula is C21H30N4O6. The fourth-order valence-electron chi connectivity index (χ4n) is 3.47. The summed E-state index contributed by atoms with van der Waals surface area (Å²) in [6, 6.07) is 4.72. The van der Waals surface area contributed by atoms with Gasteiger partial charge in [-0.1, -0.05) is 30.3 Å². The topological polar surface area (TPSA) is 162 Å². The summed E-state index contributed by atoms with van der Waals surface area (Å²) in [4.78, 5) is 50.7. The van der Waals surface area contributed by atoms with E-state index in [2.05, 4.69) is 10.6 Å². The van der Waals surface area contributed by atoms with E-state index in [9.17, 15) is 29.4 Å². The summed E-state index contributed by atoms with van der Waals surface area (Å²) in [5.74, 6) is -2.99. The molecule has 1 fully saturated rings. The fraction of sp³-hybridized carbons (Fsp3) is 0.524. The second-order valence-corrected chi connectivity index (χ2v) is 7.79. The highest BCUT2D eigenvalue weighted by Gasteiger charge is 2.40. The Bertz CT molecular complexity index is 798. The SMILES string of the molecule is C[C@H](N)C(=O)N[C@H](C(=O)N1CCC[C@H]1C(=O)N[C@@H](Cc1ccccc1)C(=O)O)[C@@H](C)O. The zero-order chi connectivity index (χ0) is 23.1. The van der Waals surface area contributed by atoms with E-state index in [1.54, 1.807) is 24.3 Å². The summed E-state index contributed by atoms with van der Waals surface area (Å²) < 4.78 is 0. The average molecular weight is 434 g/mol. The van der Waals surface area contributed by atoms with E-state index in [1.807, 2.05) is 6.07 Å². The minimum Gasteiger partial charge on any atom is -0.480 e. The molecule has 3 amide bonds. The van der Waals surface area contributed by atoms with Gasteiger partial charge in [0.25, 0.3) is 0 Å². The number of hydrogen-bond acceptors (Lipinski definition) is 6. The van der Waals surface area contributed by atoms with Crippen LogP contribution >= 0.6 is 0 Å². The van der Waals surface area contributed by atoms with Crippen molar-refractivity contribution in [3.05, 3.63) is 35.9 Å². The number of likely N-dealkylation sites (tertiary alicyclic amines) is 1. The van der Waals surface area contributed by atoms with Crippen LogP contribution in [0.5, 0.6) is 0 Å². The number of carbonyl (C=O) groups is 4. The maximum absolute atomic E-state index is 13.0. The van der Waals surface area contributed by atoms with Gasteiger partial charge in [0, 0.05) is 13.0 Å². The first kappa shape index (κ1) is 24.3. The van der Waals surface area contributed by atoms with Gasteiger partial charge in [-0.25, -0.2) is 4.79 Å². The molecule has 0 unspecified atom stereocenters. The highest BCUT2D eigenvalue weighted by atomic mass is 16.4. The van der Waals surface area contributed by atoms with Gasteiger partial charge in [0.2, 0.25) is 17.7 Å². The molecule has 1 saturated heterocycles. The molecule has 1 aliphatic rings. The minimum atomic E-state index is -1.26. The molecule has 6 N–H and O–H groups in total. The second-order valence-electron chi connectivity index (χ2n) is 7.79. The Labute approximate surface area is 180 Å². The van der Waals surface area contributed by atoms with Gasteiger partial charge in [0.15, 0.2) is 0 Å². The number of carbonyl (C=O) groups excluding carboxylic acids is 3. The molecule has 0 aliphatic carbocycles. The van der Waals surface area contributed by atoms with Crippen molar-refractivity contribution in [2.45, 2.75) is 63.4 Å². The lowest BCUT2D eigenvalue weighted by atomic mass is 10.0. The number of aliphatic hydroxyl groups excluding tert-OH is 1. The third-order valence-corrected chi connectivity index (χ3v) is 5.20. The Kier molecular flexibility index (Phi) is 8.52. The largest absolute Gasteiger partial charge is 0.480 e. The van der Waals surface area contributed by atoms with Crippen LogP contribution in [0.25, 0.3) is 0 Å². The van der Waals surface area contributed by atoms with Gasteiger partial charge < -0.3 is 31.5 Å². The third kappa shape index (κ3) is 6.50. The first-order chi connectivity index (χ1) is 14.6. The third-order valence-electron chi connectivity index (χ3n) is 5.20. The van der Waals surface area contributed by atoms with E-state index in [1.165, 1.54) is 18.7 Å². The molecule has 1 aromatic rings. The number of aliphatic carboxylic acids is 1.